The van der Waals surface area contributed by atoms with Crippen molar-refractivity contribution in [2.45, 2.75) is 54.4 Å². The van der Waals surface area contributed by atoms with Gasteiger partial charge in [-0.1, -0.05) is 65.0 Å². The van der Waals surface area contributed by atoms with Gasteiger partial charge in [-0.15, -0.1) is 0 Å². The van der Waals surface area contributed by atoms with Crippen LogP contribution in [-0.4, -0.2) is 0 Å². The van der Waals surface area contributed by atoms with Crippen LogP contribution in [0.25, 0.3) is 0 Å². The van der Waals surface area contributed by atoms with E-state index in [0.717, 1.165) is 0 Å². The van der Waals surface area contributed by atoms with Crippen molar-refractivity contribution in [2.24, 2.45) is 0 Å². The fraction of sp³-hybridized carbons (Fsp3) is 0.571. The summed E-state index contributed by atoms with van der Waals surface area (Å²) >= 11 is 0. The molecule has 0 aromatic heterocycles. The standard InChI is InChI=1S/C11H16.C2H6.CH4/c1-4-10(3)11-7-5-9(2)6-8-11;1-2;/h5-8,10H,4H2,1-3H3;1-2H3;1H4. The van der Waals surface area contributed by atoms with Crippen LogP contribution in [0.5, 0.6) is 0 Å². The Kier molecular flexibility index (Phi) is 9.86. The van der Waals surface area contributed by atoms with Gasteiger partial charge in [-0.3, -0.25) is 0 Å². The van der Waals surface area contributed by atoms with Gasteiger partial charge in [-0.05, 0) is 24.8 Å². The largest absolute Gasteiger partial charge is 0.0776 e. The van der Waals surface area contributed by atoms with Gasteiger partial charge in [0.2, 0.25) is 0 Å². The number of hydrogen-bond acceptors (Lipinski definition) is 0. The van der Waals surface area contributed by atoms with Gasteiger partial charge < -0.3 is 0 Å². The summed E-state index contributed by atoms with van der Waals surface area (Å²) in [5, 5.41) is 0. The third-order valence-electron chi connectivity index (χ3n) is 2.26. The third-order valence-corrected chi connectivity index (χ3v) is 2.26. The van der Waals surface area contributed by atoms with E-state index in [0.29, 0.717) is 5.92 Å². The Morgan fingerprint density at radius 3 is 1.86 bits per heavy atom. The molecule has 0 heterocycles. The monoisotopic (exact) mass is 194 g/mol. The average Bonchev–Trinajstić information content (AvgIpc) is 2.21. The molecule has 0 aliphatic carbocycles. The number of aryl methyl sites for hydroxylation is 1. The molecule has 0 aliphatic heterocycles. The van der Waals surface area contributed by atoms with Crippen LogP contribution in [0.4, 0.5) is 0 Å². The lowest BCUT2D eigenvalue weighted by molar-refractivity contribution is 0.733. The Bertz CT molecular complexity index is 208. The molecule has 1 rings (SSSR count). The molecule has 0 heteroatoms. The fourth-order valence-electron chi connectivity index (χ4n) is 1.13. The molecule has 0 radical (unpaired) electrons. The van der Waals surface area contributed by atoms with Gasteiger partial charge in [0.1, 0.15) is 0 Å². The zero-order valence-electron chi connectivity index (χ0n) is 9.59. The molecule has 0 aliphatic rings. The van der Waals surface area contributed by atoms with Gasteiger partial charge in [0.25, 0.3) is 0 Å². The first-order chi connectivity index (χ1) is 6.24. The first-order valence-corrected chi connectivity index (χ1v) is 5.30. The quantitative estimate of drug-likeness (QED) is 0.609. The third kappa shape index (κ3) is 5.06. The van der Waals surface area contributed by atoms with Gasteiger partial charge in [0.15, 0.2) is 0 Å². The van der Waals surface area contributed by atoms with Crippen LogP contribution >= 0.6 is 0 Å². The highest BCUT2D eigenvalue weighted by atomic mass is 14.0. The summed E-state index contributed by atoms with van der Waals surface area (Å²) in [5.74, 6) is 0.704. The number of benzene rings is 1. The summed E-state index contributed by atoms with van der Waals surface area (Å²) in [6.07, 6.45) is 1.23. The lowest BCUT2D eigenvalue weighted by Gasteiger charge is -2.07. The highest BCUT2D eigenvalue weighted by Crippen LogP contribution is 2.18. The first-order valence-electron chi connectivity index (χ1n) is 5.30. The van der Waals surface area contributed by atoms with Crippen molar-refractivity contribution in [1.29, 1.82) is 0 Å². The van der Waals surface area contributed by atoms with Crippen LogP contribution in [0.1, 0.15) is 58.6 Å². The molecule has 1 aromatic rings. The summed E-state index contributed by atoms with van der Waals surface area (Å²) in [6, 6.07) is 8.82. The van der Waals surface area contributed by atoms with Crippen LogP contribution in [-0.2, 0) is 0 Å². The SMILES string of the molecule is C.CC.CCC(C)c1ccc(C)cc1. The number of rotatable bonds is 2. The van der Waals surface area contributed by atoms with E-state index in [-0.39, 0.29) is 7.43 Å². The molecule has 0 bridgehead atoms. The van der Waals surface area contributed by atoms with E-state index in [1.807, 2.05) is 13.8 Å². The van der Waals surface area contributed by atoms with Crippen molar-refractivity contribution in [3.63, 3.8) is 0 Å². The summed E-state index contributed by atoms with van der Waals surface area (Å²) in [7, 11) is 0. The molecule has 1 atom stereocenters. The normalized spacial score (nSPS) is 10.6. The van der Waals surface area contributed by atoms with Crippen molar-refractivity contribution in [1.82, 2.24) is 0 Å². The molecule has 0 saturated heterocycles. The predicted octanol–water partition coefficient (Wildman–Crippen LogP) is 5.17. The highest BCUT2D eigenvalue weighted by molar-refractivity contribution is 5.23. The lowest BCUT2D eigenvalue weighted by Crippen LogP contribution is -1.89. The molecule has 14 heavy (non-hydrogen) atoms. The van der Waals surface area contributed by atoms with E-state index in [1.165, 1.54) is 17.5 Å². The second-order valence-electron chi connectivity index (χ2n) is 3.22. The first kappa shape index (κ1) is 15.7. The van der Waals surface area contributed by atoms with Gasteiger partial charge in [0, 0.05) is 0 Å². The van der Waals surface area contributed by atoms with Crippen LogP contribution in [0.3, 0.4) is 0 Å². The lowest BCUT2D eigenvalue weighted by atomic mass is 9.98. The molecule has 82 valence electrons. The summed E-state index contributed by atoms with van der Waals surface area (Å²) in [6.45, 7) is 10.6. The van der Waals surface area contributed by atoms with E-state index < -0.39 is 0 Å². The van der Waals surface area contributed by atoms with Crippen LogP contribution in [0, 0.1) is 6.92 Å². The van der Waals surface area contributed by atoms with E-state index in [4.69, 9.17) is 0 Å². The maximum absolute atomic E-state index is 2.27. The van der Waals surface area contributed by atoms with Crippen LogP contribution in [0.15, 0.2) is 24.3 Å². The van der Waals surface area contributed by atoms with Crippen molar-refractivity contribution >= 4 is 0 Å². The topological polar surface area (TPSA) is 0 Å². The van der Waals surface area contributed by atoms with E-state index >= 15 is 0 Å². The molecule has 0 amide bonds. The molecule has 0 spiro atoms. The second kappa shape index (κ2) is 8.80. The van der Waals surface area contributed by atoms with Gasteiger partial charge >= 0.3 is 0 Å². The van der Waals surface area contributed by atoms with Crippen molar-refractivity contribution in [2.75, 3.05) is 0 Å². The van der Waals surface area contributed by atoms with Gasteiger partial charge in [-0.2, -0.15) is 0 Å². The molecule has 0 saturated carbocycles. The van der Waals surface area contributed by atoms with Gasteiger partial charge in [-0.25, -0.2) is 0 Å². The molecular formula is C14H26. The smallest absolute Gasteiger partial charge is 0.0193 e. The molecule has 0 nitrogen and oxygen atoms in total. The van der Waals surface area contributed by atoms with E-state index in [1.54, 1.807) is 0 Å². The Morgan fingerprint density at radius 2 is 1.50 bits per heavy atom. The second-order valence-corrected chi connectivity index (χ2v) is 3.22. The summed E-state index contributed by atoms with van der Waals surface area (Å²) in [5.41, 5.74) is 2.80. The Morgan fingerprint density at radius 1 is 1.07 bits per heavy atom. The van der Waals surface area contributed by atoms with Crippen molar-refractivity contribution in [3.05, 3.63) is 35.4 Å². The zero-order chi connectivity index (χ0) is 10.3. The predicted molar refractivity (Wildman–Crippen MR) is 68.0 cm³/mol. The Balaban J connectivity index is 0. The Labute approximate surface area is 90.4 Å². The molecule has 0 fully saturated rings. The van der Waals surface area contributed by atoms with Crippen molar-refractivity contribution < 1.29 is 0 Å². The molecular weight excluding hydrogens is 168 g/mol. The maximum atomic E-state index is 2.27. The minimum Gasteiger partial charge on any atom is -0.0776 e. The van der Waals surface area contributed by atoms with E-state index in [9.17, 15) is 0 Å². The number of hydrogen-bond donors (Lipinski definition) is 0. The summed E-state index contributed by atoms with van der Waals surface area (Å²) in [4.78, 5) is 0. The van der Waals surface area contributed by atoms with Gasteiger partial charge in [0.05, 0.1) is 0 Å². The fourth-order valence-corrected chi connectivity index (χ4v) is 1.13. The average molecular weight is 194 g/mol. The van der Waals surface area contributed by atoms with E-state index in [2.05, 4.69) is 45.0 Å². The van der Waals surface area contributed by atoms with Crippen molar-refractivity contribution in [3.8, 4) is 0 Å². The molecule has 1 aromatic carbocycles. The Hall–Kier alpha value is -0.780. The zero-order valence-corrected chi connectivity index (χ0v) is 9.59. The highest BCUT2D eigenvalue weighted by Gasteiger charge is 2.00. The summed E-state index contributed by atoms with van der Waals surface area (Å²) < 4.78 is 0. The minimum atomic E-state index is 0. The maximum Gasteiger partial charge on any atom is -0.0193 e. The molecule has 0 N–H and O–H groups in total. The van der Waals surface area contributed by atoms with Crippen LogP contribution < -0.4 is 0 Å². The van der Waals surface area contributed by atoms with Crippen LogP contribution in [0.2, 0.25) is 0 Å². The molecule has 1 unspecified atom stereocenters. The minimum absolute atomic E-state index is 0.